The Hall–Kier alpha value is -1.68. The van der Waals surface area contributed by atoms with Gasteiger partial charge in [-0.2, -0.15) is 0 Å². The minimum Gasteiger partial charge on any atom is -0.394 e. The number of rotatable bonds is 3. The lowest BCUT2D eigenvalue weighted by molar-refractivity contribution is -0.0534. The molecule has 9 heteroatoms. The summed E-state index contributed by atoms with van der Waals surface area (Å²) < 4.78 is 6.38. The van der Waals surface area contributed by atoms with Crippen molar-refractivity contribution in [1.29, 1.82) is 0 Å². The number of carbonyl (C=O) groups is 1. The van der Waals surface area contributed by atoms with Gasteiger partial charge in [0.15, 0.2) is 17.7 Å². The molecule has 7 N–H and O–H groups in total. The van der Waals surface area contributed by atoms with Crippen LogP contribution in [0.25, 0.3) is 0 Å². The molecule has 1 aromatic heterocycles. The third-order valence-electron chi connectivity index (χ3n) is 2.85. The molecule has 0 saturated carbocycles. The molecule has 1 amide bonds. The standard InChI is InChI=1S/C9H14N4O5/c10-7-4(8(11)17)13(2-12-7)9-6(16)5(15)3(1-14)18-9/h2-3,5-6,9,14-16H,1,10H2,(H2,11,17)/t3-,5-,6-,9-/m1/s1. The maximum Gasteiger partial charge on any atom is 0.269 e. The lowest BCUT2D eigenvalue weighted by atomic mass is 10.1. The van der Waals surface area contributed by atoms with E-state index in [0.717, 1.165) is 4.57 Å². The van der Waals surface area contributed by atoms with E-state index >= 15 is 0 Å². The largest absolute Gasteiger partial charge is 0.394 e. The summed E-state index contributed by atoms with van der Waals surface area (Å²) in [7, 11) is 0. The first-order valence-electron chi connectivity index (χ1n) is 5.22. The first-order valence-corrected chi connectivity index (χ1v) is 5.22. The van der Waals surface area contributed by atoms with E-state index in [4.69, 9.17) is 21.3 Å². The second-order valence-corrected chi connectivity index (χ2v) is 3.98. The number of nitrogens with zero attached hydrogens (tertiary/aromatic N) is 2. The number of hydrogen-bond donors (Lipinski definition) is 5. The summed E-state index contributed by atoms with van der Waals surface area (Å²) >= 11 is 0. The van der Waals surface area contributed by atoms with Crippen LogP contribution in [-0.4, -0.2) is 55.7 Å². The number of carbonyl (C=O) groups excluding carboxylic acids is 1. The molecule has 0 unspecified atom stereocenters. The number of aliphatic hydroxyl groups is 3. The molecule has 9 nitrogen and oxygen atoms in total. The minimum absolute atomic E-state index is 0.0970. The van der Waals surface area contributed by atoms with Crippen LogP contribution in [0.5, 0.6) is 0 Å². The summed E-state index contributed by atoms with van der Waals surface area (Å²) in [5.74, 6) is -0.928. The number of hydrogen-bond acceptors (Lipinski definition) is 7. The molecule has 0 radical (unpaired) electrons. The van der Waals surface area contributed by atoms with Crippen LogP contribution in [0, 0.1) is 0 Å². The Labute approximate surface area is 102 Å². The van der Waals surface area contributed by atoms with E-state index in [1.807, 2.05) is 0 Å². The minimum atomic E-state index is -1.33. The zero-order valence-corrected chi connectivity index (χ0v) is 9.30. The van der Waals surface area contributed by atoms with Gasteiger partial charge in [-0.3, -0.25) is 9.36 Å². The Morgan fingerprint density at radius 3 is 2.67 bits per heavy atom. The zero-order chi connectivity index (χ0) is 13.4. The molecule has 0 bridgehead atoms. The van der Waals surface area contributed by atoms with E-state index in [-0.39, 0.29) is 11.5 Å². The summed E-state index contributed by atoms with van der Waals surface area (Å²) in [5.41, 5.74) is 10.5. The molecule has 18 heavy (non-hydrogen) atoms. The third kappa shape index (κ3) is 1.82. The van der Waals surface area contributed by atoms with Gasteiger partial charge in [-0.05, 0) is 0 Å². The van der Waals surface area contributed by atoms with Crippen molar-refractivity contribution in [1.82, 2.24) is 9.55 Å². The van der Waals surface area contributed by atoms with Crippen molar-refractivity contribution in [2.75, 3.05) is 12.3 Å². The average Bonchev–Trinajstić information content (AvgIpc) is 2.82. The highest BCUT2D eigenvalue weighted by Crippen LogP contribution is 2.31. The number of primary amides is 1. The number of imidazole rings is 1. The number of amides is 1. The van der Waals surface area contributed by atoms with Crippen LogP contribution >= 0.6 is 0 Å². The van der Waals surface area contributed by atoms with Gasteiger partial charge >= 0.3 is 0 Å². The number of ether oxygens (including phenoxy) is 1. The van der Waals surface area contributed by atoms with Gasteiger partial charge in [-0.1, -0.05) is 0 Å². The van der Waals surface area contributed by atoms with E-state index in [0.29, 0.717) is 0 Å². The quantitative estimate of drug-likeness (QED) is 0.391. The fourth-order valence-electron chi connectivity index (χ4n) is 1.93. The zero-order valence-electron chi connectivity index (χ0n) is 9.30. The van der Waals surface area contributed by atoms with Crippen molar-refractivity contribution in [3.05, 3.63) is 12.0 Å². The normalized spacial score (nSPS) is 31.7. The summed E-state index contributed by atoms with van der Waals surface area (Å²) in [5, 5.41) is 28.4. The van der Waals surface area contributed by atoms with E-state index in [1.54, 1.807) is 0 Å². The molecule has 0 aromatic carbocycles. The van der Waals surface area contributed by atoms with Crippen LogP contribution in [0.15, 0.2) is 6.33 Å². The van der Waals surface area contributed by atoms with Crippen molar-refractivity contribution in [3.8, 4) is 0 Å². The highest BCUT2D eigenvalue weighted by Gasteiger charge is 2.44. The number of nitrogen functional groups attached to an aromatic ring is 1. The van der Waals surface area contributed by atoms with Gasteiger partial charge in [0, 0.05) is 0 Å². The molecule has 0 aliphatic carbocycles. The monoisotopic (exact) mass is 258 g/mol. The summed E-state index contributed by atoms with van der Waals surface area (Å²) in [6.45, 7) is -0.467. The van der Waals surface area contributed by atoms with Gasteiger partial charge in [0.05, 0.1) is 12.9 Å². The fourth-order valence-corrected chi connectivity index (χ4v) is 1.93. The molecule has 2 heterocycles. The molecular weight excluding hydrogens is 244 g/mol. The van der Waals surface area contributed by atoms with E-state index in [9.17, 15) is 15.0 Å². The average molecular weight is 258 g/mol. The van der Waals surface area contributed by atoms with Gasteiger partial charge in [-0.25, -0.2) is 4.98 Å². The lowest BCUT2D eigenvalue weighted by Crippen LogP contribution is -2.33. The van der Waals surface area contributed by atoms with E-state index < -0.39 is 37.1 Å². The Morgan fingerprint density at radius 2 is 2.17 bits per heavy atom. The van der Waals surface area contributed by atoms with Crippen molar-refractivity contribution >= 4 is 11.7 Å². The Bertz CT molecular complexity index is 462. The Kier molecular flexibility index (Phi) is 3.22. The van der Waals surface area contributed by atoms with E-state index in [1.165, 1.54) is 6.33 Å². The second kappa shape index (κ2) is 4.53. The van der Waals surface area contributed by atoms with Crippen LogP contribution < -0.4 is 11.5 Å². The van der Waals surface area contributed by atoms with Crippen LogP contribution in [0.2, 0.25) is 0 Å². The Morgan fingerprint density at radius 1 is 1.50 bits per heavy atom. The fraction of sp³-hybridized carbons (Fsp3) is 0.556. The molecular formula is C9H14N4O5. The number of nitrogens with two attached hydrogens (primary N) is 2. The first-order chi connectivity index (χ1) is 8.47. The molecule has 4 atom stereocenters. The molecule has 2 rings (SSSR count). The molecule has 100 valence electrons. The van der Waals surface area contributed by atoms with Crippen molar-refractivity contribution in [2.45, 2.75) is 24.5 Å². The van der Waals surface area contributed by atoms with Crippen LogP contribution in [0.3, 0.4) is 0 Å². The van der Waals surface area contributed by atoms with Gasteiger partial charge in [0.2, 0.25) is 0 Å². The number of aromatic nitrogens is 2. The van der Waals surface area contributed by atoms with Gasteiger partial charge in [-0.15, -0.1) is 0 Å². The topological polar surface area (TPSA) is 157 Å². The van der Waals surface area contributed by atoms with E-state index in [2.05, 4.69) is 4.98 Å². The van der Waals surface area contributed by atoms with Crippen molar-refractivity contribution in [3.63, 3.8) is 0 Å². The third-order valence-corrected chi connectivity index (χ3v) is 2.85. The van der Waals surface area contributed by atoms with Crippen LogP contribution in [0.1, 0.15) is 16.7 Å². The molecule has 1 saturated heterocycles. The Balaban J connectivity index is 2.36. The number of aliphatic hydroxyl groups excluding tert-OH is 3. The lowest BCUT2D eigenvalue weighted by Gasteiger charge is -2.17. The molecule has 0 spiro atoms. The predicted octanol–water partition coefficient (Wildman–Crippen LogP) is -2.82. The highest BCUT2D eigenvalue weighted by molar-refractivity contribution is 5.95. The molecule has 1 aliphatic rings. The maximum atomic E-state index is 11.2. The highest BCUT2D eigenvalue weighted by atomic mass is 16.6. The first kappa shape index (κ1) is 12.8. The van der Waals surface area contributed by atoms with Crippen LogP contribution in [0.4, 0.5) is 5.82 Å². The number of anilines is 1. The molecule has 1 fully saturated rings. The van der Waals surface area contributed by atoms with Gasteiger partial charge in [0.1, 0.15) is 18.3 Å². The molecule has 1 aromatic rings. The summed E-state index contributed by atoms with van der Waals surface area (Å²) in [6, 6.07) is 0. The molecule has 1 aliphatic heterocycles. The van der Waals surface area contributed by atoms with Crippen molar-refractivity contribution < 1.29 is 24.9 Å². The smallest absolute Gasteiger partial charge is 0.269 e. The van der Waals surface area contributed by atoms with Crippen LogP contribution in [-0.2, 0) is 4.74 Å². The van der Waals surface area contributed by atoms with Gasteiger partial charge in [0.25, 0.3) is 5.91 Å². The predicted molar refractivity (Wildman–Crippen MR) is 58.2 cm³/mol. The van der Waals surface area contributed by atoms with Crippen molar-refractivity contribution in [2.24, 2.45) is 5.73 Å². The maximum absolute atomic E-state index is 11.2. The second-order valence-electron chi connectivity index (χ2n) is 3.98. The van der Waals surface area contributed by atoms with Gasteiger partial charge < -0.3 is 31.5 Å². The SMILES string of the molecule is NC(=O)c1c(N)ncn1[C@@H]1O[C@H](CO)[C@@H](O)[C@H]1O. The summed E-state index contributed by atoms with van der Waals surface area (Å²) in [6.07, 6.45) is -3.45. The summed E-state index contributed by atoms with van der Waals surface area (Å²) in [4.78, 5) is 14.9.